The molecule has 1 atom stereocenters. The molecule has 1 saturated heterocycles. The molecule has 9 heteroatoms. The first-order valence-corrected chi connectivity index (χ1v) is 12.6. The fraction of sp³-hybridized carbons (Fsp3) is 0.304. The van der Waals surface area contributed by atoms with Crippen LogP contribution in [0.4, 0.5) is 0 Å². The lowest BCUT2D eigenvalue weighted by Gasteiger charge is -2.42. The lowest BCUT2D eigenvalue weighted by molar-refractivity contribution is -0.142. The third-order valence-corrected chi connectivity index (χ3v) is 8.87. The third-order valence-electron chi connectivity index (χ3n) is 5.64. The number of carboxylic acids is 1. The lowest BCUT2D eigenvalue weighted by atomic mass is 10.0. The van der Waals surface area contributed by atoms with E-state index in [2.05, 4.69) is 4.98 Å². The summed E-state index contributed by atoms with van der Waals surface area (Å²) in [6.45, 7) is 4.45. The molecule has 1 unspecified atom stereocenters. The van der Waals surface area contributed by atoms with Gasteiger partial charge in [-0.15, -0.1) is 0 Å². The average molecular weight is 472 g/mol. The smallest absolute Gasteiger partial charge is 0.323 e. The van der Waals surface area contributed by atoms with E-state index in [1.807, 2.05) is 35.0 Å². The first-order chi connectivity index (χ1) is 15.2. The molecule has 0 saturated carbocycles. The topological polar surface area (TPSA) is 92.5 Å². The number of hydrogen-bond acceptors (Lipinski definition) is 5. The zero-order chi connectivity index (χ0) is 22.9. The van der Waals surface area contributed by atoms with Crippen LogP contribution >= 0.6 is 11.8 Å². The van der Waals surface area contributed by atoms with Gasteiger partial charge in [-0.1, -0.05) is 36.4 Å². The zero-order valence-corrected chi connectivity index (χ0v) is 19.5. The van der Waals surface area contributed by atoms with Crippen molar-refractivity contribution in [2.24, 2.45) is 0 Å². The number of imidazole rings is 1. The number of thioether (sulfide) groups is 1. The van der Waals surface area contributed by atoms with Crippen molar-refractivity contribution in [3.05, 3.63) is 72.8 Å². The molecule has 168 valence electrons. The summed E-state index contributed by atoms with van der Waals surface area (Å²) in [7, 11) is -3.93. The third kappa shape index (κ3) is 4.46. The molecule has 1 N–H and O–H groups in total. The monoisotopic (exact) mass is 471 g/mol. The van der Waals surface area contributed by atoms with Crippen LogP contribution in [0.15, 0.2) is 72.1 Å². The fourth-order valence-electron chi connectivity index (χ4n) is 3.98. The fourth-order valence-corrected chi connectivity index (χ4v) is 7.08. The molecular formula is C23H25N3O4S2. The van der Waals surface area contributed by atoms with Gasteiger partial charge in [-0.05, 0) is 42.7 Å². The highest BCUT2D eigenvalue weighted by molar-refractivity contribution is 8.00. The zero-order valence-electron chi connectivity index (χ0n) is 17.9. The molecule has 0 amide bonds. The van der Waals surface area contributed by atoms with Gasteiger partial charge in [-0.3, -0.25) is 4.79 Å². The highest BCUT2D eigenvalue weighted by atomic mass is 32.2. The Bertz CT molecular complexity index is 1190. The largest absolute Gasteiger partial charge is 0.480 e. The quantitative estimate of drug-likeness (QED) is 0.591. The van der Waals surface area contributed by atoms with Gasteiger partial charge >= 0.3 is 5.97 Å². The van der Waals surface area contributed by atoms with Crippen LogP contribution < -0.4 is 0 Å². The molecule has 4 rings (SSSR count). The molecule has 2 aromatic carbocycles. The molecule has 1 aromatic heterocycles. The Morgan fingerprint density at radius 2 is 1.75 bits per heavy atom. The maximum absolute atomic E-state index is 13.3. The van der Waals surface area contributed by atoms with Crippen LogP contribution in [0, 0.1) is 0 Å². The van der Waals surface area contributed by atoms with E-state index in [4.69, 9.17) is 0 Å². The van der Waals surface area contributed by atoms with Crippen LogP contribution in [0.25, 0.3) is 11.1 Å². The van der Waals surface area contributed by atoms with Crippen LogP contribution in [-0.2, 0) is 21.4 Å². The molecule has 7 nitrogen and oxygen atoms in total. The molecule has 1 fully saturated rings. The van der Waals surface area contributed by atoms with E-state index in [1.54, 1.807) is 50.6 Å². The van der Waals surface area contributed by atoms with E-state index in [9.17, 15) is 18.3 Å². The summed E-state index contributed by atoms with van der Waals surface area (Å²) in [6, 6.07) is 13.6. The Labute approximate surface area is 192 Å². The van der Waals surface area contributed by atoms with Gasteiger partial charge in [0.25, 0.3) is 0 Å². The number of sulfonamides is 1. The SMILES string of the molecule is CC1(C)SCCN(S(=O)(=O)c2ccc(-c3ccc(Cn4ccnc4)cc3)cc2)C1C(=O)O. The van der Waals surface area contributed by atoms with Crippen LogP contribution in [0.1, 0.15) is 19.4 Å². The number of rotatable bonds is 6. The van der Waals surface area contributed by atoms with Gasteiger partial charge in [-0.2, -0.15) is 16.1 Å². The minimum Gasteiger partial charge on any atom is -0.480 e. The second-order valence-corrected chi connectivity index (χ2v) is 11.9. The normalized spacial score (nSPS) is 19.0. The Morgan fingerprint density at radius 3 is 2.31 bits per heavy atom. The molecule has 0 spiro atoms. The van der Waals surface area contributed by atoms with Crippen molar-refractivity contribution in [3.63, 3.8) is 0 Å². The summed E-state index contributed by atoms with van der Waals surface area (Å²) in [5.41, 5.74) is 3.00. The van der Waals surface area contributed by atoms with Gasteiger partial charge in [0.15, 0.2) is 0 Å². The molecular weight excluding hydrogens is 446 g/mol. The Hall–Kier alpha value is -2.62. The van der Waals surface area contributed by atoms with Crippen molar-refractivity contribution >= 4 is 27.8 Å². The molecule has 0 bridgehead atoms. The minimum atomic E-state index is -3.93. The Kier molecular flexibility index (Phi) is 6.15. The van der Waals surface area contributed by atoms with E-state index in [1.165, 1.54) is 11.8 Å². The molecule has 0 aliphatic carbocycles. The number of nitrogens with zero attached hydrogens (tertiary/aromatic N) is 3. The first-order valence-electron chi connectivity index (χ1n) is 10.2. The number of carbonyl (C=O) groups is 1. The van der Waals surface area contributed by atoms with Crippen LogP contribution in [0.5, 0.6) is 0 Å². The van der Waals surface area contributed by atoms with Gasteiger partial charge < -0.3 is 9.67 Å². The molecule has 1 aliphatic heterocycles. The van der Waals surface area contributed by atoms with Crippen molar-refractivity contribution in [2.75, 3.05) is 12.3 Å². The predicted octanol–water partition coefficient (Wildman–Crippen LogP) is 3.57. The second kappa shape index (κ2) is 8.73. The van der Waals surface area contributed by atoms with Crippen LogP contribution in [0.3, 0.4) is 0 Å². The van der Waals surface area contributed by atoms with Gasteiger partial charge in [-0.25, -0.2) is 13.4 Å². The average Bonchev–Trinajstić information content (AvgIpc) is 3.26. The van der Waals surface area contributed by atoms with Gasteiger partial charge in [0.1, 0.15) is 6.04 Å². The minimum absolute atomic E-state index is 0.104. The lowest BCUT2D eigenvalue weighted by Crippen LogP contribution is -2.58. The summed E-state index contributed by atoms with van der Waals surface area (Å²) < 4.78 is 29.0. The van der Waals surface area contributed by atoms with E-state index in [0.717, 1.165) is 27.5 Å². The molecule has 32 heavy (non-hydrogen) atoms. The van der Waals surface area contributed by atoms with E-state index < -0.39 is 26.8 Å². The number of benzene rings is 2. The summed E-state index contributed by atoms with van der Waals surface area (Å²) in [5, 5.41) is 9.73. The van der Waals surface area contributed by atoms with Crippen molar-refractivity contribution in [1.82, 2.24) is 13.9 Å². The van der Waals surface area contributed by atoms with Crippen molar-refractivity contribution in [1.29, 1.82) is 0 Å². The molecule has 2 heterocycles. The highest BCUT2D eigenvalue weighted by Crippen LogP contribution is 2.38. The van der Waals surface area contributed by atoms with Gasteiger partial charge in [0.2, 0.25) is 10.0 Å². The highest BCUT2D eigenvalue weighted by Gasteiger charge is 2.48. The van der Waals surface area contributed by atoms with E-state index >= 15 is 0 Å². The molecule has 3 aromatic rings. The van der Waals surface area contributed by atoms with Crippen LogP contribution in [-0.4, -0.2) is 56.4 Å². The summed E-state index contributed by atoms with van der Waals surface area (Å²) in [4.78, 5) is 16.0. The summed E-state index contributed by atoms with van der Waals surface area (Å²) in [5.74, 6) is -0.572. The number of hydrogen-bond donors (Lipinski definition) is 1. The standard InChI is InChI=1S/C23H25N3O4S2/c1-23(2)21(22(27)28)26(13-14-31-23)32(29,30)20-9-7-19(8-10-20)18-5-3-17(4-6-18)15-25-12-11-24-16-25/h3-12,16,21H,13-15H2,1-2H3,(H,27,28). The maximum atomic E-state index is 13.3. The van der Waals surface area contributed by atoms with Gasteiger partial charge in [0, 0.05) is 36.0 Å². The Balaban J connectivity index is 1.55. The second-order valence-electron chi connectivity index (χ2n) is 8.26. The van der Waals surface area contributed by atoms with Crippen molar-refractivity contribution < 1.29 is 18.3 Å². The Morgan fingerprint density at radius 1 is 1.12 bits per heavy atom. The maximum Gasteiger partial charge on any atom is 0.323 e. The van der Waals surface area contributed by atoms with Crippen LogP contribution in [0.2, 0.25) is 0 Å². The van der Waals surface area contributed by atoms with Crippen molar-refractivity contribution in [3.8, 4) is 11.1 Å². The first kappa shape index (κ1) is 22.6. The molecule has 1 aliphatic rings. The van der Waals surface area contributed by atoms with Gasteiger partial charge in [0.05, 0.1) is 11.2 Å². The summed E-state index contributed by atoms with van der Waals surface area (Å²) in [6.07, 6.45) is 5.42. The number of aliphatic carboxylic acids is 1. The summed E-state index contributed by atoms with van der Waals surface area (Å²) >= 11 is 1.48. The number of aromatic nitrogens is 2. The number of carboxylic acid groups (broad SMARTS) is 1. The van der Waals surface area contributed by atoms with E-state index in [0.29, 0.717) is 5.75 Å². The molecule has 0 radical (unpaired) electrons. The predicted molar refractivity (Wildman–Crippen MR) is 125 cm³/mol. The van der Waals surface area contributed by atoms with E-state index in [-0.39, 0.29) is 11.4 Å². The van der Waals surface area contributed by atoms with Crippen molar-refractivity contribution in [2.45, 2.75) is 36.1 Å².